The van der Waals surface area contributed by atoms with E-state index >= 15 is 0 Å². The smallest absolute Gasteiger partial charge is 0.362 e. The molecule has 0 bridgehead atoms. The van der Waals surface area contributed by atoms with Gasteiger partial charge in [0.25, 0.3) is 0 Å². The molecule has 0 aromatic rings. The van der Waals surface area contributed by atoms with Gasteiger partial charge in [0.1, 0.15) is 6.10 Å². The van der Waals surface area contributed by atoms with Crippen LogP contribution < -0.4 is 0 Å². The lowest BCUT2D eigenvalue weighted by atomic mass is 9.32. The Kier molecular flexibility index (Phi) is 16.4. The topological polar surface area (TPSA) is 52.6 Å². The van der Waals surface area contributed by atoms with E-state index in [9.17, 15) is 9.59 Å². The third kappa shape index (κ3) is 10.4. The third-order valence-electron chi connectivity index (χ3n) is 19.3. The van der Waals surface area contributed by atoms with Crippen molar-refractivity contribution in [3.8, 4) is 0 Å². The van der Waals surface area contributed by atoms with Crippen LogP contribution in [-0.4, -0.2) is 88.0 Å². The maximum atomic E-state index is 13.6. The van der Waals surface area contributed by atoms with Gasteiger partial charge in [0.15, 0.2) is 13.1 Å². The first-order valence-electron chi connectivity index (χ1n) is 25.8. The van der Waals surface area contributed by atoms with Crippen molar-refractivity contribution < 1.29 is 28.0 Å². The molecule has 346 valence electrons. The molecule has 0 aliphatic heterocycles. The summed E-state index contributed by atoms with van der Waals surface area (Å²) < 4.78 is 14.4. The number of allylic oxidation sites excluding steroid dienone is 1. The summed E-state index contributed by atoms with van der Waals surface area (Å²) in [6, 6.07) is 0. The van der Waals surface area contributed by atoms with Gasteiger partial charge in [-0.25, -0.2) is 9.59 Å². The van der Waals surface area contributed by atoms with E-state index in [-0.39, 0.29) is 45.1 Å². The molecule has 60 heavy (non-hydrogen) atoms. The molecule has 0 saturated heterocycles. The highest BCUT2D eigenvalue weighted by molar-refractivity contribution is 5.71. The Balaban J connectivity index is 1.24. The molecular formula is C54H98N2O4+2. The molecule has 0 aromatic carbocycles. The summed E-state index contributed by atoms with van der Waals surface area (Å²) in [4.78, 5) is 27.3. The van der Waals surface area contributed by atoms with Crippen LogP contribution in [0.2, 0.25) is 0 Å². The largest absolute Gasteiger partial charge is 0.461 e. The van der Waals surface area contributed by atoms with Crippen LogP contribution in [0, 0.1) is 56.7 Å². The molecule has 0 spiro atoms. The lowest BCUT2D eigenvalue weighted by molar-refractivity contribution is -0.883. The molecule has 5 rings (SSSR count). The second-order valence-corrected chi connectivity index (χ2v) is 24.7. The van der Waals surface area contributed by atoms with Crippen LogP contribution in [-0.2, 0) is 19.1 Å². The maximum absolute atomic E-state index is 13.6. The Bertz CT molecular complexity index is 1450. The number of nitrogens with zero attached hydrogens (tertiary/aromatic N) is 2. The number of esters is 2. The van der Waals surface area contributed by atoms with E-state index in [1.165, 1.54) is 121 Å². The molecule has 0 amide bonds. The second kappa shape index (κ2) is 19.8. The normalized spacial score (nSPS) is 36.1. The van der Waals surface area contributed by atoms with Gasteiger partial charge in [0, 0.05) is 10.8 Å². The van der Waals surface area contributed by atoms with Crippen molar-refractivity contribution in [2.75, 3.05) is 61.0 Å². The fourth-order valence-corrected chi connectivity index (χ4v) is 15.7. The molecular weight excluding hydrogens is 741 g/mol. The fraction of sp³-hybridized carbons (Fsp3) is 0.926. The highest BCUT2D eigenvalue weighted by atomic mass is 16.5. The number of rotatable bonds is 22. The zero-order valence-corrected chi connectivity index (χ0v) is 41.8. The summed E-state index contributed by atoms with van der Waals surface area (Å²) in [5.41, 5.74) is 2.08. The molecule has 5 aliphatic rings. The molecule has 0 N–H and O–H groups in total. The van der Waals surface area contributed by atoms with Crippen LogP contribution in [0.5, 0.6) is 0 Å². The minimum absolute atomic E-state index is 0.00253. The summed E-state index contributed by atoms with van der Waals surface area (Å²) in [6.45, 7) is 28.0. The summed E-state index contributed by atoms with van der Waals surface area (Å²) in [5.74, 6) is 2.87. The zero-order valence-electron chi connectivity index (χ0n) is 41.8. The first-order valence-corrected chi connectivity index (χ1v) is 25.8. The molecule has 5 saturated carbocycles. The van der Waals surface area contributed by atoms with Gasteiger partial charge in [0.2, 0.25) is 0 Å². The minimum atomic E-state index is -0.0534. The highest BCUT2D eigenvalue weighted by Crippen LogP contribution is 2.77. The fourth-order valence-electron chi connectivity index (χ4n) is 15.7. The zero-order chi connectivity index (χ0) is 44.2. The van der Waals surface area contributed by atoms with Crippen LogP contribution >= 0.6 is 0 Å². The molecule has 5 aliphatic carbocycles. The first-order chi connectivity index (χ1) is 28.1. The van der Waals surface area contributed by atoms with Gasteiger partial charge in [-0.1, -0.05) is 112 Å². The van der Waals surface area contributed by atoms with Gasteiger partial charge in [0.05, 0.1) is 47.9 Å². The molecule has 6 heteroatoms. The van der Waals surface area contributed by atoms with Gasteiger partial charge in [-0.2, -0.15) is 0 Å². The van der Waals surface area contributed by atoms with Gasteiger partial charge in [-0.3, -0.25) is 0 Å². The Morgan fingerprint density at radius 2 is 1.18 bits per heavy atom. The lowest BCUT2D eigenvalue weighted by Crippen LogP contribution is -2.67. The van der Waals surface area contributed by atoms with Gasteiger partial charge >= 0.3 is 11.9 Å². The van der Waals surface area contributed by atoms with E-state index in [1.807, 2.05) is 0 Å². The molecule has 5 fully saturated rings. The van der Waals surface area contributed by atoms with Crippen molar-refractivity contribution in [3.63, 3.8) is 0 Å². The van der Waals surface area contributed by atoms with E-state index in [1.54, 1.807) is 0 Å². The summed E-state index contributed by atoms with van der Waals surface area (Å²) in [7, 11) is 8.83. The Hall–Kier alpha value is -1.40. The number of unbranched alkanes of at least 4 members (excludes halogenated alkanes) is 10. The number of hydrogen-bond acceptors (Lipinski definition) is 4. The average molecular weight is 839 g/mol. The number of hydrogen-bond donors (Lipinski definition) is 0. The third-order valence-corrected chi connectivity index (χ3v) is 19.3. The molecule has 0 radical (unpaired) electrons. The Morgan fingerprint density at radius 3 is 1.77 bits per heavy atom. The maximum Gasteiger partial charge on any atom is 0.362 e. The van der Waals surface area contributed by atoms with E-state index in [0.29, 0.717) is 53.8 Å². The summed E-state index contributed by atoms with van der Waals surface area (Å²) >= 11 is 0. The Morgan fingerprint density at radius 1 is 0.617 bits per heavy atom. The van der Waals surface area contributed by atoms with Crippen LogP contribution in [0.25, 0.3) is 0 Å². The number of ether oxygens (including phenoxy) is 2. The molecule has 6 nitrogen and oxygen atoms in total. The standard InChI is InChI=1S/C54H98N2O4/c1-14-16-18-20-22-24-36-55(10,11)38-47(57)59-40-54-33-28-42(41(3)4)49(54)43-26-27-45-51(7)31-30-46(60-48(58)39-56(12,13)37-25-23-21-19-17-15-2)50(5,6)44(51)29-32-53(45,9)52(43,8)34-35-54/h42-46,49H,3,14-40H2,1-2,4-13H3/q+2/t42?,43?,44?,45?,46-,49?,51-,52+,53+,54+/m0/s1. The highest BCUT2D eigenvalue weighted by Gasteiger charge is 2.71. The van der Waals surface area contributed by atoms with Crippen LogP contribution in [0.1, 0.15) is 197 Å². The number of carbonyl (C=O) groups excluding carboxylic acids is 2. The van der Waals surface area contributed by atoms with Crippen molar-refractivity contribution in [1.29, 1.82) is 0 Å². The first kappa shape index (κ1) is 49.6. The van der Waals surface area contributed by atoms with Crippen molar-refractivity contribution in [1.82, 2.24) is 0 Å². The predicted octanol–water partition coefficient (Wildman–Crippen LogP) is 13.0. The van der Waals surface area contributed by atoms with Crippen molar-refractivity contribution in [2.24, 2.45) is 56.7 Å². The van der Waals surface area contributed by atoms with Gasteiger partial charge in [-0.05, 0) is 143 Å². The van der Waals surface area contributed by atoms with Crippen molar-refractivity contribution in [2.45, 2.75) is 203 Å². The van der Waals surface area contributed by atoms with E-state index < -0.39 is 0 Å². The number of fused-ring (bicyclic) bond motifs is 7. The van der Waals surface area contributed by atoms with E-state index in [4.69, 9.17) is 9.47 Å². The molecule has 0 aromatic heterocycles. The monoisotopic (exact) mass is 839 g/mol. The summed E-state index contributed by atoms with van der Waals surface area (Å²) in [5, 5.41) is 0. The number of carbonyl (C=O) groups is 2. The molecule has 5 unspecified atom stereocenters. The second-order valence-electron chi connectivity index (χ2n) is 24.7. The van der Waals surface area contributed by atoms with Crippen molar-refractivity contribution >= 4 is 11.9 Å². The predicted molar refractivity (Wildman–Crippen MR) is 250 cm³/mol. The summed E-state index contributed by atoms with van der Waals surface area (Å²) in [6.07, 6.45) is 27.3. The quantitative estimate of drug-likeness (QED) is 0.0472. The molecule has 0 heterocycles. The van der Waals surface area contributed by atoms with Crippen LogP contribution in [0.15, 0.2) is 12.2 Å². The van der Waals surface area contributed by atoms with Gasteiger partial charge in [-0.15, -0.1) is 0 Å². The minimum Gasteiger partial charge on any atom is -0.461 e. The van der Waals surface area contributed by atoms with Crippen LogP contribution in [0.3, 0.4) is 0 Å². The van der Waals surface area contributed by atoms with E-state index in [0.717, 1.165) is 43.3 Å². The van der Waals surface area contributed by atoms with E-state index in [2.05, 4.69) is 90.2 Å². The average Bonchev–Trinajstić information content (AvgIpc) is 3.55. The lowest BCUT2D eigenvalue weighted by Gasteiger charge is -2.73. The van der Waals surface area contributed by atoms with Crippen LogP contribution in [0.4, 0.5) is 0 Å². The number of likely N-dealkylation sites (N-methyl/N-ethyl adjacent to an activating group) is 2. The number of quaternary nitrogens is 2. The Labute approximate surface area is 371 Å². The van der Waals surface area contributed by atoms with Crippen molar-refractivity contribution in [3.05, 3.63) is 12.2 Å². The molecule has 10 atom stereocenters. The van der Waals surface area contributed by atoms with Gasteiger partial charge < -0.3 is 18.4 Å². The SMILES string of the molecule is C=C(C)C1CC[C@]2(COC(=O)C[N+](C)(C)CCCCCCCC)CC[C@]3(C)C(CCC4[C@@]5(C)CC[C@H](OC(=O)C[N+](C)(C)CCCCCCCC)C(C)(C)C5CC[C@]43C)C12.